The minimum Gasteiger partial charge on any atom is -0.872 e. The lowest BCUT2D eigenvalue weighted by molar-refractivity contribution is -1.16. The van der Waals surface area contributed by atoms with Gasteiger partial charge in [-0.2, -0.15) is 0 Å². The summed E-state index contributed by atoms with van der Waals surface area (Å²) in [6.07, 6.45) is 0.899. The van der Waals surface area contributed by atoms with E-state index in [1.54, 1.807) is 0 Å². The Morgan fingerprint density at radius 1 is 0.833 bits per heavy atom. The van der Waals surface area contributed by atoms with Crippen LogP contribution in [0.3, 0.4) is 0 Å². The molecule has 6 nitrogen and oxygen atoms in total. The lowest BCUT2D eigenvalue weighted by Gasteiger charge is -2.39. The van der Waals surface area contributed by atoms with E-state index in [-0.39, 0.29) is 17.6 Å². The fourth-order valence-electron chi connectivity index (χ4n) is 4.53. The van der Waals surface area contributed by atoms with E-state index in [9.17, 15) is 15.2 Å². The minimum atomic E-state index is -0.417. The van der Waals surface area contributed by atoms with E-state index in [0.717, 1.165) is 32.6 Å². The van der Waals surface area contributed by atoms with Gasteiger partial charge in [0.25, 0.3) is 5.69 Å². The van der Waals surface area contributed by atoms with Gasteiger partial charge in [-0.05, 0) is 0 Å². The second-order valence-electron chi connectivity index (χ2n) is 7.91. The highest BCUT2D eigenvalue weighted by atomic mass is 16.6. The molecule has 4 rings (SSSR count). The number of nitrogens with zero attached hydrogens (tertiary/aromatic N) is 1. The van der Waals surface area contributed by atoms with Crippen molar-refractivity contribution in [2.75, 3.05) is 13.1 Å². The van der Waals surface area contributed by atoms with Crippen molar-refractivity contribution >= 4 is 5.69 Å². The SMILES string of the molecule is O=[N+]([O-])c1ccc([O-])c(C2[NH+](Cc3ccccc3)CCC[NH+]2Cc2ccccc2)c1. The third-order valence-corrected chi connectivity index (χ3v) is 5.88. The average molecular weight is 404 g/mol. The van der Waals surface area contributed by atoms with Crippen LogP contribution in [0, 0.1) is 10.1 Å². The van der Waals surface area contributed by atoms with Crippen molar-refractivity contribution in [3.63, 3.8) is 0 Å². The van der Waals surface area contributed by atoms with Crippen molar-refractivity contribution in [1.29, 1.82) is 0 Å². The first-order valence-electron chi connectivity index (χ1n) is 10.3. The van der Waals surface area contributed by atoms with Gasteiger partial charge in [-0.15, -0.1) is 0 Å². The van der Waals surface area contributed by atoms with Gasteiger partial charge in [0.2, 0.25) is 6.17 Å². The topological polar surface area (TPSA) is 75.1 Å². The third kappa shape index (κ3) is 4.50. The molecule has 0 aromatic heterocycles. The van der Waals surface area contributed by atoms with E-state index in [4.69, 9.17) is 0 Å². The molecule has 2 atom stereocenters. The van der Waals surface area contributed by atoms with Crippen molar-refractivity contribution in [1.82, 2.24) is 0 Å². The van der Waals surface area contributed by atoms with Crippen molar-refractivity contribution < 1.29 is 19.8 Å². The normalized spacial score (nSPS) is 21.3. The van der Waals surface area contributed by atoms with Crippen LogP contribution in [0.15, 0.2) is 78.9 Å². The number of nitro benzene ring substituents is 1. The van der Waals surface area contributed by atoms with E-state index >= 15 is 0 Å². The predicted octanol–water partition coefficient (Wildman–Crippen LogP) is 1.24. The van der Waals surface area contributed by atoms with Crippen molar-refractivity contribution in [3.8, 4) is 5.75 Å². The zero-order chi connectivity index (χ0) is 20.9. The van der Waals surface area contributed by atoms with Gasteiger partial charge in [-0.3, -0.25) is 19.9 Å². The monoisotopic (exact) mass is 404 g/mol. The Morgan fingerprint density at radius 2 is 1.37 bits per heavy atom. The highest BCUT2D eigenvalue weighted by molar-refractivity contribution is 5.42. The summed E-state index contributed by atoms with van der Waals surface area (Å²) < 4.78 is 0. The van der Waals surface area contributed by atoms with Crippen molar-refractivity contribution in [2.24, 2.45) is 0 Å². The quantitative estimate of drug-likeness (QED) is 0.480. The minimum absolute atomic E-state index is 0.0201. The molecule has 1 aliphatic rings. The third-order valence-electron chi connectivity index (χ3n) is 5.88. The molecule has 30 heavy (non-hydrogen) atoms. The Morgan fingerprint density at radius 3 is 1.87 bits per heavy atom. The molecule has 0 radical (unpaired) electrons. The summed E-state index contributed by atoms with van der Waals surface area (Å²) in [4.78, 5) is 13.5. The summed E-state index contributed by atoms with van der Waals surface area (Å²) in [5.74, 6) is -0.122. The molecule has 1 aliphatic heterocycles. The zero-order valence-corrected chi connectivity index (χ0v) is 16.8. The number of nitrogens with one attached hydrogen (secondary N) is 2. The Labute approximate surface area is 176 Å². The van der Waals surface area contributed by atoms with E-state index in [0.29, 0.717) is 5.56 Å². The van der Waals surface area contributed by atoms with Crippen LogP contribution in [-0.4, -0.2) is 18.0 Å². The fourth-order valence-corrected chi connectivity index (χ4v) is 4.53. The van der Waals surface area contributed by atoms with Gasteiger partial charge in [-0.25, -0.2) is 0 Å². The smallest absolute Gasteiger partial charge is 0.270 e. The van der Waals surface area contributed by atoms with Crippen LogP contribution in [0.1, 0.15) is 29.3 Å². The molecule has 0 saturated carbocycles. The number of nitro groups is 1. The molecule has 3 aromatic carbocycles. The highest BCUT2D eigenvalue weighted by Gasteiger charge is 2.38. The summed E-state index contributed by atoms with van der Waals surface area (Å²) in [6, 6.07) is 24.6. The van der Waals surface area contributed by atoms with E-state index in [1.165, 1.54) is 39.1 Å². The average Bonchev–Trinajstić information content (AvgIpc) is 2.76. The van der Waals surface area contributed by atoms with E-state index in [2.05, 4.69) is 24.3 Å². The van der Waals surface area contributed by atoms with Crippen LogP contribution in [0.25, 0.3) is 0 Å². The second-order valence-corrected chi connectivity index (χ2v) is 7.91. The maximum atomic E-state index is 12.8. The van der Waals surface area contributed by atoms with Gasteiger partial charge in [0.05, 0.1) is 23.6 Å². The van der Waals surface area contributed by atoms with Gasteiger partial charge < -0.3 is 5.11 Å². The Balaban J connectivity index is 1.72. The molecule has 1 saturated heterocycles. The molecular weight excluding hydrogens is 378 g/mol. The molecule has 2 unspecified atom stereocenters. The lowest BCUT2D eigenvalue weighted by atomic mass is 10.0. The summed E-state index contributed by atoms with van der Waals surface area (Å²) in [7, 11) is 0. The Bertz CT molecular complexity index is 946. The molecule has 3 aromatic rings. The molecular formula is C24H26N3O3+. The van der Waals surface area contributed by atoms with Gasteiger partial charge in [0.1, 0.15) is 13.1 Å². The van der Waals surface area contributed by atoms with Crippen LogP contribution >= 0.6 is 0 Å². The largest absolute Gasteiger partial charge is 0.872 e. The first kappa shape index (κ1) is 20.1. The summed E-state index contributed by atoms with van der Waals surface area (Å²) >= 11 is 0. The van der Waals surface area contributed by atoms with E-state index in [1.807, 2.05) is 36.4 Å². The molecule has 2 N–H and O–H groups in total. The molecule has 6 heteroatoms. The number of hydrogen-bond donors (Lipinski definition) is 2. The molecule has 0 amide bonds. The standard InChI is InChI=1S/C24H25N3O3/c28-23-13-12-21(27(29)30)16-22(23)24-25(17-19-8-3-1-4-9-19)14-7-15-26(24)18-20-10-5-2-6-11-20/h1-6,8-13,16,24,28H,7,14-15,17-18H2/p+1. The number of quaternary nitrogens is 2. The number of hydrogen-bond acceptors (Lipinski definition) is 3. The van der Waals surface area contributed by atoms with Gasteiger partial charge >= 0.3 is 0 Å². The summed E-state index contributed by atoms with van der Waals surface area (Å²) in [5.41, 5.74) is 2.93. The molecule has 0 aliphatic carbocycles. The second kappa shape index (κ2) is 9.07. The lowest BCUT2D eigenvalue weighted by Crippen LogP contribution is -3.32. The van der Waals surface area contributed by atoms with Crippen LogP contribution < -0.4 is 14.9 Å². The summed E-state index contributed by atoms with van der Waals surface area (Å²) in [6.45, 7) is 3.43. The predicted molar refractivity (Wildman–Crippen MR) is 112 cm³/mol. The zero-order valence-electron chi connectivity index (χ0n) is 16.8. The molecule has 1 heterocycles. The van der Waals surface area contributed by atoms with Gasteiger partial charge in [-0.1, -0.05) is 72.5 Å². The maximum Gasteiger partial charge on any atom is 0.270 e. The molecule has 0 bridgehead atoms. The fraction of sp³-hybridized carbons (Fsp3) is 0.250. The first-order chi connectivity index (χ1) is 14.6. The summed E-state index contributed by atoms with van der Waals surface area (Å²) in [5, 5.41) is 24.2. The molecule has 154 valence electrons. The van der Waals surface area contributed by atoms with Crippen LogP contribution in [-0.2, 0) is 13.1 Å². The van der Waals surface area contributed by atoms with Crippen molar-refractivity contribution in [3.05, 3.63) is 106 Å². The van der Waals surface area contributed by atoms with Crippen LogP contribution in [0.2, 0.25) is 0 Å². The molecule has 1 fully saturated rings. The Kier molecular flexibility index (Phi) is 6.07. The number of benzene rings is 3. The molecule has 0 spiro atoms. The number of rotatable bonds is 6. The van der Waals surface area contributed by atoms with Gasteiger partial charge in [0, 0.05) is 29.7 Å². The van der Waals surface area contributed by atoms with E-state index < -0.39 is 4.92 Å². The van der Waals surface area contributed by atoms with Gasteiger partial charge in [0.15, 0.2) is 0 Å². The maximum absolute atomic E-state index is 12.8. The van der Waals surface area contributed by atoms with Crippen LogP contribution in [0.5, 0.6) is 5.75 Å². The van der Waals surface area contributed by atoms with Crippen molar-refractivity contribution in [2.45, 2.75) is 25.7 Å². The van der Waals surface area contributed by atoms with Crippen LogP contribution in [0.4, 0.5) is 5.69 Å². The first-order valence-corrected chi connectivity index (χ1v) is 10.3. The number of non-ortho nitro benzene ring substituents is 1. The highest BCUT2D eigenvalue weighted by Crippen LogP contribution is 2.24. The Hall–Kier alpha value is -3.22.